The largest absolute Gasteiger partial charge is 0.495 e. The molecule has 0 bridgehead atoms. The molecule has 1 aromatic heterocycles. The first kappa shape index (κ1) is 18.1. The third-order valence-electron chi connectivity index (χ3n) is 4.55. The summed E-state index contributed by atoms with van der Waals surface area (Å²) < 4.78 is 5.16. The quantitative estimate of drug-likeness (QED) is 0.512. The Morgan fingerprint density at radius 1 is 1.14 bits per heavy atom. The molecule has 3 aromatic rings. The molecular weight excluding hydrogens is 378 g/mol. The van der Waals surface area contributed by atoms with E-state index >= 15 is 0 Å². The Balaban J connectivity index is 1.74. The predicted octanol–water partition coefficient (Wildman–Crippen LogP) is 4.16. The van der Waals surface area contributed by atoms with Gasteiger partial charge in [0.2, 0.25) is 0 Å². The minimum absolute atomic E-state index is 0.0681. The van der Waals surface area contributed by atoms with Gasteiger partial charge in [-0.1, -0.05) is 41.9 Å². The van der Waals surface area contributed by atoms with Crippen LogP contribution >= 0.6 is 11.6 Å². The molecule has 0 saturated heterocycles. The van der Waals surface area contributed by atoms with Gasteiger partial charge in [0.15, 0.2) is 17.4 Å². The zero-order valence-electron chi connectivity index (χ0n) is 15.2. The highest BCUT2D eigenvalue weighted by Gasteiger charge is 2.32. The smallest absolute Gasteiger partial charge is 0.199 e. The fraction of sp³-hybridized carbons (Fsp3) is 0.143. The van der Waals surface area contributed by atoms with Gasteiger partial charge in [0.05, 0.1) is 23.4 Å². The van der Waals surface area contributed by atoms with Crippen LogP contribution in [0.5, 0.6) is 5.75 Å². The van der Waals surface area contributed by atoms with E-state index in [1.165, 1.54) is 6.92 Å². The molecule has 1 aliphatic rings. The number of benzene rings is 2. The van der Waals surface area contributed by atoms with Crippen LogP contribution in [-0.4, -0.2) is 28.6 Å². The normalized spacial score (nSPS) is 11.8. The highest BCUT2D eigenvalue weighted by Crippen LogP contribution is 2.38. The number of ether oxygens (including phenoxy) is 1. The fourth-order valence-corrected chi connectivity index (χ4v) is 3.46. The molecular formula is C21H16ClN3O3. The molecule has 28 heavy (non-hydrogen) atoms. The second-order valence-electron chi connectivity index (χ2n) is 6.37. The molecule has 0 fully saturated rings. The molecule has 6 nitrogen and oxygen atoms in total. The number of Topliss-reactive ketones (excluding diaryl/α,β-unsaturated/α-hetero) is 1. The summed E-state index contributed by atoms with van der Waals surface area (Å²) in [7, 11) is 1.55. The van der Waals surface area contributed by atoms with E-state index in [1.54, 1.807) is 31.4 Å². The minimum Gasteiger partial charge on any atom is -0.495 e. The molecule has 0 aliphatic heterocycles. The van der Waals surface area contributed by atoms with E-state index in [9.17, 15) is 9.59 Å². The van der Waals surface area contributed by atoms with E-state index in [0.717, 1.165) is 5.56 Å². The standard InChI is InChI=1S/C21H16ClN3O3/c1-11(26)20-24-18-13-5-3-4-6-14(13)19(27)17(18)21(25-20)23-10-12-7-8-16(28-2)15(22)9-12/h3-9H,10H2,1-2H3,(H,23,24,25). The maximum atomic E-state index is 12.9. The first-order valence-corrected chi connectivity index (χ1v) is 9.00. The number of hydrogen-bond acceptors (Lipinski definition) is 6. The molecule has 7 heteroatoms. The Labute approximate surface area is 166 Å². The molecule has 0 amide bonds. The van der Waals surface area contributed by atoms with Crippen molar-refractivity contribution >= 4 is 29.0 Å². The lowest BCUT2D eigenvalue weighted by Gasteiger charge is -2.12. The molecule has 140 valence electrons. The summed E-state index contributed by atoms with van der Waals surface area (Å²) in [6.07, 6.45) is 0. The third kappa shape index (κ3) is 3.01. The van der Waals surface area contributed by atoms with Gasteiger partial charge in [0, 0.05) is 24.6 Å². The summed E-state index contributed by atoms with van der Waals surface area (Å²) >= 11 is 6.18. The van der Waals surface area contributed by atoms with Crippen LogP contribution in [0.1, 0.15) is 39.0 Å². The summed E-state index contributed by atoms with van der Waals surface area (Å²) in [5.74, 6) is 0.561. The van der Waals surface area contributed by atoms with E-state index in [0.29, 0.717) is 45.5 Å². The predicted molar refractivity (Wildman–Crippen MR) is 106 cm³/mol. The molecule has 0 spiro atoms. The molecule has 1 N–H and O–H groups in total. The number of methoxy groups -OCH3 is 1. The topological polar surface area (TPSA) is 81.2 Å². The van der Waals surface area contributed by atoms with E-state index in [4.69, 9.17) is 16.3 Å². The van der Waals surface area contributed by atoms with Crippen molar-refractivity contribution < 1.29 is 14.3 Å². The summed E-state index contributed by atoms with van der Waals surface area (Å²) in [4.78, 5) is 33.4. The number of nitrogens with one attached hydrogen (secondary N) is 1. The number of hydrogen-bond donors (Lipinski definition) is 1. The zero-order valence-corrected chi connectivity index (χ0v) is 16.0. The maximum absolute atomic E-state index is 12.9. The SMILES string of the molecule is COc1ccc(CNc2nc(C(C)=O)nc3c2C(=O)c2ccccc2-3)cc1Cl. The lowest BCUT2D eigenvalue weighted by Crippen LogP contribution is -2.12. The van der Waals surface area contributed by atoms with Crippen molar-refractivity contribution in [2.45, 2.75) is 13.5 Å². The van der Waals surface area contributed by atoms with Gasteiger partial charge in [-0.3, -0.25) is 9.59 Å². The summed E-state index contributed by atoms with van der Waals surface area (Å²) in [6.45, 7) is 1.77. The molecule has 0 unspecified atom stereocenters. The number of rotatable bonds is 5. The molecule has 0 atom stereocenters. The van der Waals surface area contributed by atoms with Gasteiger partial charge in [-0.25, -0.2) is 9.97 Å². The molecule has 1 heterocycles. The van der Waals surface area contributed by atoms with Crippen molar-refractivity contribution in [2.75, 3.05) is 12.4 Å². The minimum atomic E-state index is -0.268. The van der Waals surface area contributed by atoms with Gasteiger partial charge in [0.25, 0.3) is 0 Å². The first-order chi connectivity index (χ1) is 13.5. The molecule has 0 saturated carbocycles. The Hall–Kier alpha value is -3.25. The average Bonchev–Trinajstić information content (AvgIpc) is 2.99. The number of fused-ring (bicyclic) bond motifs is 3. The second-order valence-corrected chi connectivity index (χ2v) is 6.78. The third-order valence-corrected chi connectivity index (χ3v) is 4.85. The first-order valence-electron chi connectivity index (χ1n) is 8.63. The van der Waals surface area contributed by atoms with Gasteiger partial charge in [0.1, 0.15) is 11.6 Å². The summed E-state index contributed by atoms with van der Waals surface area (Å²) in [5, 5.41) is 3.65. The van der Waals surface area contributed by atoms with Crippen LogP contribution in [-0.2, 0) is 6.54 Å². The molecule has 4 rings (SSSR count). The van der Waals surface area contributed by atoms with E-state index < -0.39 is 0 Å². The van der Waals surface area contributed by atoms with Crippen LogP contribution in [0.4, 0.5) is 5.82 Å². The van der Waals surface area contributed by atoms with Crippen LogP contribution in [0.25, 0.3) is 11.3 Å². The lowest BCUT2D eigenvalue weighted by molar-refractivity contribution is 0.0999. The van der Waals surface area contributed by atoms with Gasteiger partial charge in [-0.05, 0) is 17.7 Å². The maximum Gasteiger partial charge on any atom is 0.199 e. The van der Waals surface area contributed by atoms with Crippen molar-refractivity contribution in [1.29, 1.82) is 0 Å². The Morgan fingerprint density at radius 2 is 1.89 bits per heavy atom. The van der Waals surface area contributed by atoms with Crippen LogP contribution in [0, 0.1) is 0 Å². The van der Waals surface area contributed by atoms with Crippen LogP contribution < -0.4 is 10.1 Å². The number of carbonyl (C=O) groups excluding carboxylic acids is 2. The van der Waals surface area contributed by atoms with Crippen LogP contribution in [0.2, 0.25) is 5.02 Å². The Morgan fingerprint density at radius 3 is 2.57 bits per heavy atom. The van der Waals surface area contributed by atoms with Crippen molar-refractivity contribution in [2.24, 2.45) is 0 Å². The number of ketones is 2. The number of halogens is 1. The van der Waals surface area contributed by atoms with Crippen molar-refractivity contribution in [3.63, 3.8) is 0 Å². The van der Waals surface area contributed by atoms with Crippen molar-refractivity contribution in [3.8, 4) is 17.0 Å². The number of carbonyl (C=O) groups is 2. The van der Waals surface area contributed by atoms with Gasteiger partial charge < -0.3 is 10.1 Å². The van der Waals surface area contributed by atoms with Gasteiger partial charge in [-0.15, -0.1) is 0 Å². The fourth-order valence-electron chi connectivity index (χ4n) is 3.18. The summed E-state index contributed by atoms with van der Waals surface area (Å²) in [6, 6.07) is 12.6. The molecule has 0 radical (unpaired) electrons. The van der Waals surface area contributed by atoms with Crippen LogP contribution in [0.3, 0.4) is 0 Å². The van der Waals surface area contributed by atoms with Gasteiger partial charge in [-0.2, -0.15) is 0 Å². The van der Waals surface area contributed by atoms with Crippen LogP contribution in [0.15, 0.2) is 42.5 Å². The number of aromatic nitrogens is 2. The van der Waals surface area contributed by atoms with Gasteiger partial charge >= 0.3 is 0 Å². The Bertz CT molecular complexity index is 1130. The highest BCUT2D eigenvalue weighted by atomic mass is 35.5. The Kier molecular flexibility index (Phi) is 4.57. The monoisotopic (exact) mass is 393 g/mol. The van der Waals surface area contributed by atoms with Crippen molar-refractivity contribution in [1.82, 2.24) is 9.97 Å². The summed E-state index contributed by atoms with van der Waals surface area (Å²) in [5.41, 5.74) is 3.01. The number of nitrogens with zero attached hydrogens (tertiary/aromatic N) is 2. The lowest BCUT2D eigenvalue weighted by atomic mass is 10.1. The zero-order chi connectivity index (χ0) is 19.8. The average molecular weight is 394 g/mol. The second kappa shape index (κ2) is 7.05. The number of anilines is 1. The van der Waals surface area contributed by atoms with E-state index in [1.807, 2.05) is 18.2 Å². The van der Waals surface area contributed by atoms with Crippen molar-refractivity contribution in [3.05, 3.63) is 70.0 Å². The molecule has 1 aliphatic carbocycles. The molecule has 2 aromatic carbocycles. The van der Waals surface area contributed by atoms with E-state index in [2.05, 4.69) is 15.3 Å². The van der Waals surface area contributed by atoms with E-state index in [-0.39, 0.29) is 17.4 Å². The highest BCUT2D eigenvalue weighted by molar-refractivity contribution is 6.32.